The third-order valence-electron chi connectivity index (χ3n) is 6.81. The normalized spacial score (nSPS) is 27.5. The summed E-state index contributed by atoms with van der Waals surface area (Å²) in [5, 5.41) is 1.08. The van der Waals surface area contributed by atoms with E-state index in [-0.39, 0.29) is 5.54 Å². The molecular formula is C20H28N6O. The van der Waals surface area contributed by atoms with E-state index in [9.17, 15) is 4.79 Å². The van der Waals surface area contributed by atoms with Crippen molar-refractivity contribution in [2.75, 3.05) is 44.7 Å². The minimum Gasteiger partial charge on any atom is -0.353 e. The van der Waals surface area contributed by atoms with Gasteiger partial charge in [-0.15, -0.1) is 0 Å². The Hall–Kier alpha value is -2.15. The lowest BCUT2D eigenvalue weighted by Gasteiger charge is -2.49. The number of likely N-dealkylation sites (tertiary alicyclic amines) is 1. The molecule has 4 heterocycles. The number of rotatable bonds is 3. The van der Waals surface area contributed by atoms with Gasteiger partial charge < -0.3 is 14.8 Å². The van der Waals surface area contributed by atoms with Crippen LogP contribution in [0.15, 0.2) is 18.6 Å². The predicted molar refractivity (Wildman–Crippen MR) is 105 cm³/mol. The van der Waals surface area contributed by atoms with Crippen LogP contribution in [0.4, 0.5) is 5.82 Å². The first-order valence-electron chi connectivity index (χ1n) is 10.2. The van der Waals surface area contributed by atoms with Crippen LogP contribution in [-0.2, 0) is 4.79 Å². The number of H-pyrrole nitrogens is 1. The molecule has 3 fully saturated rings. The van der Waals surface area contributed by atoms with Gasteiger partial charge in [-0.25, -0.2) is 9.97 Å². The third-order valence-corrected chi connectivity index (χ3v) is 6.81. The molecule has 1 spiro atoms. The van der Waals surface area contributed by atoms with Crippen molar-refractivity contribution >= 4 is 22.8 Å². The first kappa shape index (κ1) is 17.0. The summed E-state index contributed by atoms with van der Waals surface area (Å²) in [6.07, 6.45) is 8.79. The van der Waals surface area contributed by atoms with Gasteiger partial charge in [0.2, 0.25) is 5.91 Å². The standard InChI is InChI=1S/C20H28N6O/c1-24-10-11-26(19-16-5-8-21-18(16)22-14-23-19)13-20(24)6-4-17(27)25(9-7-20)12-15-2-3-15/h5,8,14-15H,2-4,6-7,9-13H2,1H3,(H,21,22,23). The molecule has 7 nitrogen and oxygen atoms in total. The molecule has 1 unspecified atom stereocenters. The average molecular weight is 368 g/mol. The van der Waals surface area contributed by atoms with Crippen molar-refractivity contribution in [3.63, 3.8) is 0 Å². The van der Waals surface area contributed by atoms with Gasteiger partial charge >= 0.3 is 0 Å². The highest BCUT2D eigenvalue weighted by molar-refractivity contribution is 5.87. The minimum atomic E-state index is 0.0415. The highest BCUT2D eigenvalue weighted by Crippen LogP contribution is 2.36. The zero-order chi connectivity index (χ0) is 18.4. The lowest BCUT2D eigenvalue weighted by molar-refractivity contribution is -0.130. The van der Waals surface area contributed by atoms with Crippen LogP contribution in [0.2, 0.25) is 0 Å². The number of carbonyl (C=O) groups excluding carboxylic acids is 1. The van der Waals surface area contributed by atoms with Crippen LogP contribution in [-0.4, -0.2) is 76.0 Å². The van der Waals surface area contributed by atoms with Crippen LogP contribution in [0.3, 0.4) is 0 Å². The molecule has 7 heteroatoms. The van der Waals surface area contributed by atoms with Gasteiger partial charge in [0.1, 0.15) is 17.8 Å². The molecule has 2 aromatic heterocycles. The number of aromatic nitrogens is 3. The molecule has 5 rings (SSSR count). The van der Waals surface area contributed by atoms with E-state index >= 15 is 0 Å². The molecule has 1 N–H and O–H groups in total. The number of nitrogens with zero attached hydrogens (tertiary/aromatic N) is 5. The van der Waals surface area contributed by atoms with E-state index in [1.807, 2.05) is 6.20 Å². The SMILES string of the molecule is CN1CCN(c2ncnc3[nH]ccc23)CC12CCC(=O)N(CC1CC1)CC2. The molecular weight excluding hydrogens is 340 g/mol. The number of amides is 1. The number of carbonyl (C=O) groups is 1. The van der Waals surface area contributed by atoms with Crippen molar-refractivity contribution in [1.82, 2.24) is 24.8 Å². The number of aromatic amines is 1. The molecule has 27 heavy (non-hydrogen) atoms. The van der Waals surface area contributed by atoms with Crippen molar-refractivity contribution in [3.05, 3.63) is 18.6 Å². The maximum absolute atomic E-state index is 12.7. The summed E-state index contributed by atoms with van der Waals surface area (Å²) in [5.74, 6) is 2.12. The highest BCUT2D eigenvalue weighted by atomic mass is 16.2. The molecule has 1 amide bonds. The molecule has 144 valence electrons. The van der Waals surface area contributed by atoms with Crippen molar-refractivity contribution in [1.29, 1.82) is 0 Å². The molecule has 3 aliphatic rings. The lowest BCUT2D eigenvalue weighted by atomic mass is 9.86. The van der Waals surface area contributed by atoms with Crippen molar-refractivity contribution in [2.24, 2.45) is 5.92 Å². The van der Waals surface area contributed by atoms with Gasteiger partial charge in [0.05, 0.1) is 5.39 Å². The van der Waals surface area contributed by atoms with E-state index in [0.717, 1.165) is 68.3 Å². The summed E-state index contributed by atoms with van der Waals surface area (Å²) in [4.78, 5) is 31.8. The van der Waals surface area contributed by atoms with Gasteiger partial charge in [0, 0.05) is 50.9 Å². The number of hydrogen-bond acceptors (Lipinski definition) is 5. The molecule has 2 saturated heterocycles. The summed E-state index contributed by atoms with van der Waals surface area (Å²) >= 11 is 0. The molecule has 0 aromatic carbocycles. The van der Waals surface area contributed by atoms with E-state index in [1.165, 1.54) is 12.8 Å². The van der Waals surface area contributed by atoms with E-state index in [2.05, 4.69) is 42.8 Å². The Balaban J connectivity index is 1.39. The maximum Gasteiger partial charge on any atom is 0.222 e. The van der Waals surface area contributed by atoms with Gasteiger partial charge in [0.15, 0.2) is 0 Å². The molecule has 0 bridgehead atoms. The summed E-state index contributed by atoms with van der Waals surface area (Å²) in [6.45, 7) is 4.72. The summed E-state index contributed by atoms with van der Waals surface area (Å²) in [6, 6.07) is 2.06. The van der Waals surface area contributed by atoms with Crippen molar-refractivity contribution in [3.8, 4) is 0 Å². The van der Waals surface area contributed by atoms with Gasteiger partial charge in [-0.2, -0.15) is 0 Å². The zero-order valence-corrected chi connectivity index (χ0v) is 16.0. The maximum atomic E-state index is 12.7. The molecule has 1 saturated carbocycles. The number of hydrogen-bond donors (Lipinski definition) is 1. The summed E-state index contributed by atoms with van der Waals surface area (Å²) in [7, 11) is 2.23. The number of piperazine rings is 1. The van der Waals surface area contributed by atoms with Crippen LogP contribution >= 0.6 is 0 Å². The highest BCUT2D eigenvalue weighted by Gasteiger charge is 2.43. The van der Waals surface area contributed by atoms with Crippen molar-refractivity contribution in [2.45, 2.75) is 37.6 Å². The predicted octanol–water partition coefficient (Wildman–Crippen LogP) is 1.87. The fourth-order valence-electron chi connectivity index (χ4n) is 4.79. The van der Waals surface area contributed by atoms with E-state index in [4.69, 9.17) is 0 Å². The van der Waals surface area contributed by atoms with E-state index < -0.39 is 0 Å². The fourth-order valence-corrected chi connectivity index (χ4v) is 4.79. The van der Waals surface area contributed by atoms with Gasteiger partial charge in [-0.05, 0) is 44.7 Å². The first-order valence-corrected chi connectivity index (χ1v) is 10.2. The molecule has 0 radical (unpaired) electrons. The van der Waals surface area contributed by atoms with Crippen LogP contribution < -0.4 is 4.90 Å². The van der Waals surface area contributed by atoms with Crippen LogP contribution in [0.25, 0.3) is 11.0 Å². The lowest BCUT2D eigenvalue weighted by Crippen LogP contribution is -2.61. The largest absolute Gasteiger partial charge is 0.353 e. The molecule has 1 atom stereocenters. The number of likely N-dealkylation sites (N-methyl/N-ethyl adjacent to an activating group) is 1. The smallest absolute Gasteiger partial charge is 0.222 e. The topological polar surface area (TPSA) is 68.4 Å². The molecule has 2 aliphatic heterocycles. The second-order valence-corrected chi connectivity index (χ2v) is 8.54. The quantitative estimate of drug-likeness (QED) is 0.896. The van der Waals surface area contributed by atoms with Crippen molar-refractivity contribution < 1.29 is 4.79 Å². The average Bonchev–Trinajstić information content (AvgIpc) is 3.40. The number of fused-ring (bicyclic) bond motifs is 1. The fraction of sp³-hybridized carbons (Fsp3) is 0.650. The van der Waals surface area contributed by atoms with E-state index in [0.29, 0.717) is 12.3 Å². The Morgan fingerprint density at radius 2 is 2.11 bits per heavy atom. The summed E-state index contributed by atoms with van der Waals surface area (Å²) in [5.41, 5.74) is 0.930. The first-order chi connectivity index (χ1) is 13.1. The second-order valence-electron chi connectivity index (χ2n) is 8.54. The Morgan fingerprint density at radius 1 is 1.22 bits per heavy atom. The Bertz CT molecular complexity index is 846. The number of nitrogens with one attached hydrogen (secondary N) is 1. The van der Waals surface area contributed by atoms with Gasteiger partial charge in [-0.1, -0.05) is 0 Å². The zero-order valence-electron chi connectivity index (χ0n) is 16.0. The Labute approximate surface area is 159 Å². The van der Waals surface area contributed by atoms with Crippen LogP contribution in [0.1, 0.15) is 32.1 Å². The third kappa shape index (κ3) is 3.08. The monoisotopic (exact) mass is 368 g/mol. The molecule has 2 aromatic rings. The van der Waals surface area contributed by atoms with Gasteiger partial charge in [0.25, 0.3) is 0 Å². The van der Waals surface area contributed by atoms with Crippen LogP contribution in [0, 0.1) is 5.92 Å². The number of anilines is 1. The summed E-state index contributed by atoms with van der Waals surface area (Å²) < 4.78 is 0. The Morgan fingerprint density at radius 3 is 2.96 bits per heavy atom. The minimum absolute atomic E-state index is 0.0415. The Kier molecular flexibility index (Phi) is 4.07. The molecule has 1 aliphatic carbocycles. The van der Waals surface area contributed by atoms with Crippen LogP contribution in [0.5, 0.6) is 0 Å². The van der Waals surface area contributed by atoms with Gasteiger partial charge in [-0.3, -0.25) is 9.69 Å². The second kappa shape index (κ2) is 6.48. The van der Waals surface area contributed by atoms with E-state index in [1.54, 1.807) is 6.33 Å².